The molecule has 0 aliphatic rings. The van der Waals surface area contributed by atoms with Crippen molar-refractivity contribution in [2.24, 2.45) is 0 Å². The van der Waals surface area contributed by atoms with Crippen molar-refractivity contribution < 1.29 is 0 Å². The molecule has 88 heavy (non-hydrogen) atoms. The SMILES string of the molecule is CC.CC.CC.CC.CC.CC.CC.CC.CC(C)(C)c1cccs1.CC(C)(C)c1ccns1.CC(C)(C)c1cncs1.CC(C)(C)c1cnns1.CC(C)(C)c1nccs1.CC(C)(C)c1ncns1.CC(C)(C)c1nncs1.CC(C)(C)c1nnns1. The molecule has 0 amide bonds. The first-order valence-corrected chi connectivity index (χ1v) is 38.2. The Morgan fingerprint density at radius 1 is 0.307 bits per heavy atom. The fourth-order valence-corrected chi connectivity index (χ4v) is 9.54. The first-order chi connectivity index (χ1) is 40.8. The molecule has 0 atom stereocenters. The van der Waals surface area contributed by atoms with E-state index >= 15 is 0 Å². The van der Waals surface area contributed by atoms with Gasteiger partial charge in [-0.25, -0.2) is 14.3 Å². The monoisotopic (exact) mass is 1370 g/mol. The van der Waals surface area contributed by atoms with E-state index in [0.29, 0.717) is 5.41 Å². The fraction of sp³-hybridized carbons (Fsp3) is 0.706. The summed E-state index contributed by atoms with van der Waals surface area (Å²) in [4.78, 5) is 17.7. The molecule has 512 valence electrons. The number of hydrogen-bond donors (Lipinski definition) is 0. The molecule has 0 spiro atoms. The molecule has 8 heterocycles. The smallest absolute Gasteiger partial charge is 0.143 e. The maximum Gasteiger partial charge on any atom is 0.143 e. The summed E-state index contributed by atoms with van der Waals surface area (Å²) in [6.07, 6.45) is 9.07. The molecule has 8 aromatic rings. The van der Waals surface area contributed by atoms with Gasteiger partial charge < -0.3 is 0 Å². The largest absolute Gasteiger partial charge is 0.253 e. The molecular formula is C68H132N12S8. The molecule has 8 aromatic heterocycles. The van der Waals surface area contributed by atoms with Gasteiger partial charge in [0.15, 0.2) is 0 Å². The van der Waals surface area contributed by atoms with Gasteiger partial charge in [0.1, 0.15) is 26.9 Å². The lowest BCUT2D eigenvalue weighted by molar-refractivity contribution is 0.576. The lowest BCUT2D eigenvalue weighted by Crippen LogP contribution is -2.10. The van der Waals surface area contributed by atoms with Crippen LogP contribution in [0.15, 0.2) is 71.1 Å². The number of aromatic nitrogens is 12. The average Bonchev–Trinajstić information content (AvgIpc) is 4.32. The molecule has 8 rings (SSSR count). The van der Waals surface area contributed by atoms with E-state index in [4.69, 9.17) is 0 Å². The topological polar surface area (TPSA) is 155 Å². The van der Waals surface area contributed by atoms with Crippen molar-refractivity contribution >= 4 is 91.5 Å². The van der Waals surface area contributed by atoms with Crippen LogP contribution in [0.25, 0.3) is 0 Å². The Morgan fingerprint density at radius 2 is 0.784 bits per heavy atom. The second kappa shape index (κ2) is 56.5. The Bertz CT molecular complexity index is 1920. The lowest BCUT2D eigenvalue weighted by Gasteiger charge is -2.14. The highest BCUT2D eigenvalue weighted by molar-refractivity contribution is 7.10. The lowest BCUT2D eigenvalue weighted by atomic mass is 9.95. The van der Waals surface area contributed by atoms with Gasteiger partial charge >= 0.3 is 0 Å². The summed E-state index contributed by atoms with van der Waals surface area (Å²) >= 11 is 12.8. The van der Waals surface area contributed by atoms with Crippen LogP contribution >= 0.6 is 91.5 Å². The fourth-order valence-electron chi connectivity index (χ4n) is 4.41. The number of hydrogen-bond acceptors (Lipinski definition) is 20. The standard InChI is InChI=1S/C8H12S.3C7H11NS.3C6H10N2S.C5H9N3S.8C2H6/c1-8(2,3)7-5-4-6-9-7;1-7(2,3)6-4-8-5-9-6;1-7(2,3)6-8-4-5-9-6;1-7(2,3)6-4-5-8-9-6;1-6(2,3)5-8-7-4-9-5;1-6(2,3)5-7-4-8-9-5;1-6(2,3)5-4-7-8-9-5;1-5(2,3)4-6-7-8-9-4;8*1-2/h4-6H,1-3H3;3*4-5H,1-3H3;3*4H,1-3H3;1-3H3;8*1-2H3. The minimum atomic E-state index is 0.105. The molecule has 0 aromatic carbocycles. The van der Waals surface area contributed by atoms with Crippen molar-refractivity contribution in [3.8, 4) is 0 Å². The minimum Gasteiger partial charge on any atom is -0.253 e. The summed E-state index contributed by atoms with van der Waals surface area (Å²) in [5.74, 6) is 0. The highest BCUT2D eigenvalue weighted by atomic mass is 32.1. The Labute approximate surface area is 576 Å². The Kier molecular flexibility index (Phi) is 64.8. The van der Waals surface area contributed by atoms with Crippen LogP contribution in [0.2, 0.25) is 0 Å². The third-order valence-corrected chi connectivity index (χ3v) is 17.9. The van der Waals surface area contributed by atoms with Crippen molar-refractivity contribution in [3.05, 3.63) is 111 Å². The van der Waals surface area contributed by atoms with Crippen molar-refractivity contribution in [1.82, 2.24) is 58.3 Å². The molecule has 0 saturated carbocycles. The number of thiazole rings is 2. The quantitative estimate of drug-likeness (QED) is 0.142. The van der Waals surface area contributed by atoms with Crippen molar-refractivity contribution in [2.45, 2.75) is 320 Å². The second-order valence-corrected chi connectivity index (χ2v) is 31.2. The van der Waals surface area contributed by atoms with Gasteiger partial charge in [-0.15, -0.1) is 65.7 Å². The highest BCUT2D eigenvalue weighted by Crippen LogP contribution is 2.29. The summed E-state index contributed by atoms with van der Waals surface area (Å²) in [6.45, 7) is 83.9. The van der Waals surface area contributed by atoms with Crippen LogP contribution in [0, 0.1) is 0 Å². The first kappa shape index (κ1) is 101. The van der Waals surface area contributed by atoms with Gasteiger partial charge in [0.05, 0.1) is 21.6 Å². The average molecular weight is 1370 g/mol. The van der Waals surface area contributed by atoms with E-state index in [2.05, 4.69) is 248 Å². The van der Waals surface area contributed by atoms with Gasteiger partial charge in [-0.2, -0.15) is 4.37 Å². The van der Waals surface area contributed by atoms with Gasteiger partial charge in [-0.05, 0) is 79.0 Å². The number of nitrogens with zero attached hydrogens (tertiary/aromatic N) is 12. The number of thiophene rings is 1. The molecule has 0 unspecified atom stereocenters. The van der Waals surface area contributed by atoms with Crippen LogP contribution in [0.3, 0.4) is 0 Å². The first-order valence-electron chi connectivity index (χ1n) is 31.6. The van der Waals surface area contributed by atoms with Gasteiger partial charge in [-0.3, -0.25) is 4.98 Å². The maximum atomic E-state index is 4.21. The molecular weight excluding hydrogens is 1240 g/mol. The van der Waals surface area contributed by atoms with Gasteiger partial charge in [0, 0.05) is 71.8 Å². The second-order valence-electron chi connectivity index (χ2n) is 24.5. The van der Waals surface area contributed by atoms with Crippen LogP contribution in [0.1, 0.15) is 316 Å². The van der Waals surface area contributed by atoms with E-state index < -0.39 is 0 Å². The van der Waals surface area contributed by atoms with Crippen LogP contribution in [-0.4, -0.2) is 58.3 Å². The van der Waals surface area contributed by atoms with Crippen LogP contribution < -0.4 is 0 Å². The predicted molar refractivity (Wildman–Crippen MR) is 408 cm³/mol. The van der Waals surface area contributed by atoms with Gasteiger partial charge in [0.2, 0.25) is 0 Å². The zero-order chi connectivity index (χ0) is 71.2. The molecule has 0 aliphatic carbocycles. The molecule has 0 fully saturated rings. The number of rotatable bonds is 0. The van der Waals surface area contributed by atoms with Crippen LogP contribution in [-0.2, 0) is 43.3 Å². The van der Waals surface area contributed by atoms with E-state index in [1.54, 1.807) is 57.4 Å². The zero-order valence-corrected chi connectivity index (χ0v) is 70.1. The Morgan fingerprint density at radius 3 is 0.966 bits per heavy atom. The third-order valence-electron chi connectivity index (χ3n) is 8.73. The Balaban J connectivity index is -0.000000134. The minimum absolute atomic E-state index is 0.105. The summed E-state index contributed by atoms with van der Waals surface area (Å²) < 4.78 is 15.4. The Hall–Kier alpha value is -3.24. The van der Waals surface area contributed by atoms with E-state index in [0.717, 1.165) is 15.0 Å². The summed E-state index contributed by atoms with van der Waals surface area (Å²) in [5.41, 5.74) is 5.43. The summed E-state index contributed by atoms with van der Waals surface area (Å²) in [6, 6.07) is 6.36. The molecule has 0 saturated heterocycles. The summed E-state index contributed by atoms with van der Waals surface area (Å²) in [7, 11) is 0. The maximum absolute atomic E-state index is 4.21. The van der Waals surface area contributed by atoms with E-state index in [9.17, 15) is 0 Å². The van der Waals surface area contributed by atoms with E-state index in [1.807, 2.05) is 158 Å². The van der Waals surface area contributed by atoms with Crippen molar-refractivity contribution in [3.63, 3.8) is 0 Å². The molecule has 0 aliphatic heterocycles. The van der Waals surface area contributed by atoms with Crippen molar-refractivity contribution in [1.29, 1.82) is 0 Å². The van der Waals surface area contributed by atoms with Gasteiger partial charge in [-0.1, -0.05) is 292 Å². The highest BCUT2D eigenvalue weighted by Gasteiger charge is 2.20. The van der Waals surface area contributed by atoms with E-state index in [-0.39, 0.29) is 37.9 Å². The molecule has 0 N–H and O–H groups in total. The van der Waals surface area contributed by atoms with E-state index in [1.165, 1.54) is 59.1 Å². The van der Waals surface area contributed by atoms with Gasteiger partial charge in [0.25, 0.3) is 0 Å². The van der Waals surface area contributed by atoms with Crippen molar-refractivity contribution in [2.75, 3.05) is 0 Å². The molecule has 0 bridgehead atoms. The predicted octanol–water partition coefficient (Wildman–Crippen LogP) is 25.3. The zero-order valence-electron chi connectivity index (χ0n) is 63.6. The summed E-state index contributed by atoms with van der Waals surface area (Å²) in [5, 5.41) is 27.4. The van der Waals surface area contributed by atoms with Crippen LogP contribution in [0.4, 0.5) is 0 Å². The van der Waals surface area contributed by atoms with Crippen LogP contribution in [0.5, 0.6) is 0 Å². The molecule has 20 heteroatoms. The third kappa shape index (κ3) is 54.5. The molecule has 0 radical (unpaired) electrons. The molecule has 12 nitrogen and oxygen atoms in total. The normalized spacial score (nSPS) is 10.3.